The van der Waals surface area contributed by atoms with Crippen LogP contribution in [0.2, 0.25) is 0 Å². The van der Waals surface area contributed by atoms with Crippen LogP contribution < -0.4 is 0 Å². The van der Waals surface area contributed by atoms with Gasteiger partial charge in [0.2, 0.25) is 0 Å². The summed E-state index contributed by atoms with van der Waals surface area (Å²) in [6, 6.07) is 0.211. The molecule has 3 rings (SSSR count). The molecule has 3 aliphatic rings. The van der Waals surface area contributed by atoms with E-state index in [1.165, 1.54) is 51.4 Å². The van der Waals surface area contributed by atoms with Crippen LogP contribution in [0.25, 0.3) is 0 Å². The molecular weight excluding hydrogens is 248 g/mol. The zero-order valence-electron chi connectivity index (χ0n) is 13.2. The van der Waals surface area contributed by atoms with E-state index in [-0.39, 0.29) is 6.03 Å². The smallest absolute Gasteiger partial charge is 0.319 e. The molecule has 2 unspecified atom stereocenters. The van der Waals surface area contributed by atoms with Crippen molar-refractivity contribution in [3.8, 4) is 0 Å². The number of nitrogens with zero attached hydrogens (tertiary/aromatic N) is 2. The van der Waals surface area contributed by atoms with Crippen molar-refractivity contribution in [1.82, 2.24) is 9.80 Å². The minimum Gasteiger partial charge on any atom is -0.331 e. The Morgan fingerprint density at radius 1 is 1.00 bits per heavy atom. The quantitative estimate of drug-likeness (QED) is 0.757. The zero-order chi connectivity index (χ0) is 14.1. The summed E-state index contributed by atoms with van der Waals surface area (Å²) in [5.41, 5.74) is 0. The normalized spacial score (nSPS) is 34.3. The van der Waals surface area contributed by atoms with Crippen molar-refractivity contribution in [2.45, 2.75) is 51.4 Å². The molecule has 0 aromatic carbocycles. The highest BCUT2D eigenvalue weighted by Crippen LogP contribution is 2.45. The third-order valence-electron chi connectivity index (χ3n) is 5.89. The van der Waals surface area contributed by atoms with Gasteiger partial charge in [0.25, 0.3) is 0 Å². The maximum absolute atomic E-state index is 12.0. The third-order valence-corrected chi connectivity index (χ3v) is 5.89. The topological polar surface area (TPSA) is 23.6 Å². The summed E-state index contributed by atoms with van der Waals surface area (Å²) in [5.74, 6) is 3.58. The number of hydrogen-bond acceptors (Lipinski definition) is 1. The molecule has 114 valence electrons. The summed E-state index contributed by atoms with van der Waals surface area (Å²) >= 11 is 0. The van der Waals surface area contributed by atoms with Crippen LogP contribution in [0.1, 0.15) is 51.4 Å². The number of likely N-dealkylation sites (tertiary alicyclic amines) is 1. The second kappa shape index (κ2) is 5.95. The van der Waals surface area contributed by atoms with Crippen LogP contribution in [-0.2, 0) is 0 Å². The molecule has 0 bridgehead atoms. The van der Waals surface area contributed by atoms with E-state index < -0.39 is 0 Å². The van der Waals surface area contributed by atoms with Crippen molar-refractivity contribution in [1.29, 1.82) is 0 Å². The van der Waals surface area contributed by atoms with Crippen LogP contribution in [0, 0.1) is 23.7 Å². The maximum atomic E-state index is 12.0. The molecule has 0 radical (unpaired) electrons. The highest BCUT2D eigenvalue weighted by Gasteiger charge is 2.42. The molecule has 0 N–H and O–H groups in total. The first-order chi connectivity index (χ1) is 9.63. The molecule has 2 saturated carbocycles. The van der Waals surface area contributed by atoms with E-state index >= 15 is 0 Å². The van der Waals surface area contributed by atoms with Gasteiger partial charge in [-0.3, -0.25) is 0 Å². The number of rotatable bonds is 2. The minimum atomic E-state index is 0.211. The monoisotopic (exact) mass is 278 g/mol. The number of carbonyl (C=O) groups excluding carboxylic acids is 1. The first kappa shape index (κ1) is 14.2. The molecule has 0 aromatic heterocycles. The Kier molecular flexibility index (Phi) is 4.23. The fraction of sp³-hybridized carbons (Fsp3) is 0.941. The molecule has 1 heterocycles. The second-order valence-corrected chi connectivity index (χ2v) is 7.68. The van der Waals surface area contributed by atoms with Crippen LogP contribution in [0.4, 0.5) is 4.79 Å². The summed E-state index contributed by atoms with van der Waals surface area (Å²) in [4.78, 5) is 15.8. The van der Waals surface area contributed by atoms with E-state index in [1.807, 2.05) is 14.1 Å². The van der Waals surface area contributed by atoms with Gasteiger partial charge in [-0.05, 0) is 42.9 Å². The zero-order valence-corrected chi connectivity index (χ0v) is 13.2. The molecule has 20 heavy (non-hydrogen) atoms. The van der Waals surface area contributed by atoms with Crippen molar-refractivity contribution in [3.63, 3.8) is 0 Å². The summed E-state index contributed by atoms with van der Waals surface area (Å²) < 4.78 is 0. The predicted molar refractivity (Wildman–Crippen MR) is 81.6 cm³/mol. The third kappa shape index (κ3) is 2.96. The van der Waals surface area contributed by atoms with E-state index in [1.54, 1.807) is 4.90 Å². The Balaban J connectivity index is 1.47. The SMILES string of the molecule is CN(C)C(=O)N1CC2CC(CC3CCCCC3)CC2C1. The van der Waals surface area contributed by atoms with Gasteiger partial charge in [0.05, 0.1) is 0 Å². The summed E-state index contributed by atoms with van der Waals surface area (Å²) in [6.45, 7) is 2.03. The Labute approximate surface area is 123 Å². The van der Waals surface area contributed by atoms with E-state index in [2.05, 4.69) is 4.90 Å². The molecule has 3 heteroatoms. The van der Waals surface area contributed by atoms with Crippen molar-refractivity contribution in [3.05, 3.63) is 0 Å². The van der Waals surface area contributed by atoms with Crippen LogP contribution >= 0.6 is 0 Å². The van der Waals surface area contributed by atoms with Gasteiger partial charge in [0, 0.05) is 27.2 Å². The second-order valence-electron chi connectivity index (χ2n) is 7.68. The van der Waals surface area contributed by atoms with Crippen molar-refractivity contribution in [2.24, 2.45) is 23.7 Å². The first-order valence-corrected chi connectivity index (χ1v) is 8.59. The molecule has 2 aliphatic carbocycles. The molecule has 1 aliphatic heterocycles. The summed E-state index contributed by atoms with van der Waals surface area (Å²) in [5, 5.41) is 0. The number of amides is 2. The Morgan fingerprint density at radius 2 is 1.60 bits per heavy atom. The lowest BCUT2D eigenvalue weighted by Gasteiger charge is -2.26. The average Bonchev–Trinajstić information content (AvgIpc) is 2.96. The number of hydrogen-bond donors (Lipinski definition) is 0. The van der Waals surface area contributed by atoms with Crippen LogP contribution in [0.3, 0.4) is 0 Å². The lowest BCUT2D eigenvalue weighted by Crippen LogP contribution is -2.38. The number of carbonyl (C=O) groups is 1. The molecule has 3 nitrogen and oxygen atoms in total. The number of urea groups is 1. The molecule has 0 spiro atoms. The summed E-state index contributed by atoms with van der Waals surface area (Å²) in [7, 11) is 3.73. The highest BCUT2D eigenvalue weighted by atomic mass is 16.2. The standard InChI is InChI=1S/C17H30N2O/c1-18(2)17(20)19-11-15-9-14(10-16(15)12-19)8-13-6-4-3-5-7-13/h13-16H,3-12H2,1-2H3. The van der Waals surface area contributed by atoms with Crippen LogP contribution in [0.15, 0.2) is 0 Å². The van der Waals surface area contributed by atoms with Gasteiger partial charge in [0.1, 0.15) is 0 Å². The largest absolute Gasteiger partial charge is 0.331 e. The Hall–Kier alpha value is -0.730. The number of fused-ring (bicyclic) bond motifs is 1. The minimum absolute atomic E-state index is 0.211. The van der Waals surface area contributed by atoms with Crippen LogP contribution in [-0.4, -0.2) is 43.0 Å². The van der Waals surface area contributed by atoms with E-state index in [0.29, 0.717) is 0 Å². The van der Waals surface area contributed by atoms with Gasteiger partial charge in [-0.15, -0.1) is 0 Å². The lowest BCUT2D eigenvalue weighted by atomic mass is 9.82. The highest BCUT2D eigenvalue weighted by molar-refractivity contribution is 5.74. The van der Waals surface area contributed by atoms with Crippen molar-refractivity contribution in [2.75, 3.05) is 27.2 Å². The first-order valence-electron chi connectivity index (χ1n) is 8.59. The van der Waals surface area contributed by atoms with Gasteiger partial charge in [0.15, 0.2) is 0 Å². The lowest BCUT2D eigenvalue weighted by molar-refractivity contribution is 0.175. The molecule has 2 atom stereocenters. The van der Waals surface area contributed by atoms with Crippen LogP contribution in [0.5, 0.6) is 0 Å². The molecular formula is C17H30N2O. The Bertz CT molecular complexity index is 335. The molecule has 0 aromatic rings. The molecule has 1 saturated heterocycles. The summed E-state index contributed by atoms with van der Waals surface area (Å²) in [6.07, 6.45) is 11.6. The van der Waals surface area contributed by atoms with E-state index in [9.17, 15) is 4.79 Å². The van der Waals surface area contributed by atoms with Gasteiger partial charge in [-0.25, -0.2) is 4.79 Å². The van der Waals surface area contributed by atoms with Gasteiger partial charge < -0.3 is 9.80 Å². The van der Waals surface area contributed by atoms with Gasteiger partial charge in [-0.2, -0.15) is 0 Å². The van der Waals surface area contributed by atoms with Crippen molar-refractivity contribution >= 4 is 6.03 Å². The van der Waals surface area contributed by atoms with E-state index in [4.69, 9.17) is 0 Å². The maximum Gasteiger partial charge on any atom is 0.319 e. The Morgan fingerprint density at radius 3 is 2.15 bits per heavy atom. The fourth-order valence-electron chi connectivity index (χ4n) is 4.95. The fourth-order valence-corrected chi connectivity index (χ4v) is 4.95. The van der Waals surface area contributed by atoms with Crippen molar-refractivity contribution < 1.29 is 4.79 Å². The molecule has 2 amide bonds. The predicted octanol–water partition coefficient (Wildman–Crippen LogP) is 3.60. The average molecular weight is 278 g/mol. The van der Waals surface area contributed by atoms with E-state index in [0.717, 1.165) is 36.8 Å². The van der Waals surface area contributed by atoms with Gasteiger partial charge >= 0.3 is 6.03 Å². The van der Waals surface area contributed by atoms with Gasteiger partial charge in [-0.1, -0.05) is 32.1 Å². The molecule has 3 fully saturated rings.